The average molecular weight is 516 g/mol. The first-order chi connectivity index (χ1) is 18.3. The largest absolute Gasteiger partial charge is 0.507 e. The van der Waals surface area contributed by atoms with E-state index in [1.165, 1.54) is 12.0 Å². The number of nitrogens with zero attached hydrogens (tertiary/aromatic N) is 1. The lowest BCUT2D eigenvalue weighted by Crippen LogP contribution is -2.32. The Balaban J connectivity index is 1.68. The van der Waals surface area contributed by atoms with Crippen LogP contribution in [-0.4, -0.2) is 48.1 Å². The van der Waals surface area contributed by atoms with E-state index in [1.807, 2.05) is 57.2 Å². The van der Waals surface area contributed by atoms with Crippen LogP contribution in [0.3, 0.4) is 0 Å². The molecule has 1 saturated heterocycles. The highest BCUT2D eigenvalue weighted by Crippen LogP contribution is 2.40. The molecule has 1 fully saturated rings. The molecule has 3 aromatic carbocycles. The lowest BCUT2D eigenvalue weighted by molar-refractivity contribution is -0.140. The van der Waals surface area contributed by atoms with Gasteiger partial charge in [0.05, 0.1) is 24.3 Å². The smallest absolute Gasteiger partial charge is 0.295 e. The van der Waals surface area contributed by atoms with E-state index in [9.17, 15) is 14.7 Å². The summed E-state index contributed by atoms with van der Waals surface area (Å²) in [5, 5.41) is 11.3. The lowest BCUT2D eigenvalue weighted by atomic mass is 9.95. The molecule has 1 aliphatic heterocycles. The van der Waals surface area contributed by atoms with E-state index in [4.69, 9.17) is 14.2 Å². The predicted octanol–water partition coefficient (Wildman–Crippen LogP) is 5.43. The number of aliphatic hydroxyl groups excluding tert-OH is 1. The summed E-state index contributed by atoms with van der Waals surface area (Å²) in [5.74, 6) is -0.446. The van der Waals surface area contributed by atoms with Crippen molar-refractivity contribution in [2.24, 2.45) is 0 Å². The van der Waals surface area contributed by atoms with Crippen molar-refractivity contribution in [2.75, 3.05) is 20.3 Å². The van der Waals surface area contributed by atoms with Crippen LogP contribution >= 0.6 is 0 Å². The van der Waals surface area contributed by atoms with Gasteiger partial charge in [-0.2, -0.15) is 0 Å². The highest BCUT2D eigenvalue weighted by Gasteiger charge is 2.45. The molecule has 1 N–H and O–H groups in total. The second-order valence-electron chi connectivity index (χ2n) is 9.46. The molecule has 1 atom stereocenters. The number of ether oxygens (including phenoxy) is 3. The van der Waals surface area contributed by atoms with Crippen LogP contribution in [-0.2, 0) is 20.9 Å². The number of methoxy groups -OCH3 is 1. The molecule has 0 bridgehead atoms. The van der Waals surface area contributed by atoms with Crippen molar-refractivity contribution in [3.05, 3.63) is 101 Å². The van der Waals surface area contributed by atoms with Crippen LogP contribution in [0.4, 0.5) is 0 Å². The van der Waals surface area contributed by atoms with Gasteiger partial charge in [-0.25, -0.2) is 0 Å². The molecule has 0 saturated carbocycles. The number of hydrogen-bond donors (Lipinski definition) is 1. The molecule has 1 amide bonds. The van der Waals surface area contributed by atoms with Crippen LogP contribution in [0, 0.1) is 6.92 Å². The maximum absolute atomic E-state index is 13.2. The zero-order valence-corrected chi connectivity index (χ0v) is 22.1. The molecule has 4 rings (SSSR count). The minimum atomic E-state index is -0.773. The minimum Gasteiger partial charge on any atom is -0.507 e. The second-order valence-corrected chi connectivity index (χ2v) is 9.46. The summed E-state index contributed by atoms with van der Waals surface area (Å²) in [7, 11) is 1.53. The number of amides is 1. The molecule has 1 heterocycles. The average Bonchev–Trinajstić information content (AvgIpc) is 3.16. The van der Waals surface area contributed by atoms with Gasteiger partial charge in [0.15, 0.2) is 0 Å². The molecule has 0 radical (unpaired) electrons. The van der Waals surface area contributed by atoms with Gasteiger partial charge >= 0.3 is 0 Å². The maximum atomic E-state index is 13.2. The number of rotatable bonds is 10. The topological polar surface area (TPSA) is 85.3 Å². The summed E-state index contributed by atoms with van der Waals surface area (Å²) in [6.07, 6.45) is -0.0569. The number of ketones is 1. The summed E-state index contributed by atoms with van der Waals surface area (Å²) in [6, 6.07) is 21.4. The molecular weight excluding hydrogens is 482 g/mol. The van der Waals surface area contributed by atoms with Gasteiger partial charge in [0, 0.05) is 19.2 Å². The lowest BCUT2D eigenvalue weighted by Gasteiger charge is -2.25. The van der Waals surface area contributed by atoms with Crippen LogP contribution in [0.1, 0.15) is 42.1 Å². The van der Waals surface area contributed by atoms with Crippen molar-refractivity contribution in [1.29, 1.82) is 0 Å². The Morgan fingerprint density at radius 1 is 0.974 bits per heavy atom. The molecule has 1 aliphatic rings. The van der Waals surface area contributed by atoms with Crippen molar-refractivity contribution >= 4 is 17.4 Å². The molecule has 1 unspecified atom stereocenters. The number of Topliss-reactive ketones (excluding diaryl/α,β-unsaturated/α-hetero) is 1. The van der Waals surface area contributed by atoms with Gasteiger partial charge < -0.3 is 24.2 Å². The van der Waals surface area contributed by atoms with E-state index in [1.54, 1.807) is 36.4 Å². The summed E-state index contributed by atoms with van der Waals surface area (Å²) in [4.78, 5) is 27.7. The first kappa shape index (κ1) is 26.9. The Morgan fingerprint density at radius 3 is 2.39 bits per heavy atom. The maximum Gasteiger partial charge on any atom is 0.295 e. The zero-order chi connectivity index (χ0) is 27.2. The van der Waals surface area contributed by atoms with E-state index in [0.29, 0.717) is 29.2 Å². The van der Waals surface area contributed by atoms with E-state index in [2.05, 4.69) is 0 Å². The van der Waals surface area contributed by atoms with Crippen LogP contribution in [0.2, 0.25) is 0 Å². The molecule has 198 valence electrons. The number of aryl methyl sites for hydroxylation is 1. The van der Waals surface area contributed by atoms with E-state index < -0.39 is 17.7 Å². The Bertz CT molecular complexity index is 1330. The van der Waals surface area contributed by atoms with Gasteiger partial charge in [-0.05, 0) is 61.7 Å². The second kappa shape index (κ2) is 12.0. The Hall–Kier alpha value is -4.10. The molecule has 0 spiro atoms. The predicted molar refractivity (Wildman–Crippen MR) is 145 cm³/mol. The van der Waals surface area contributed by atoms with Gasteiger partial charge in [-0.15, -0.1) is 0 Å². The van der Waals surface area contributed by atoms with Gasteiger partial charge in [-0.3, -0.25) is 9.59 Å². The molecule has 3 aromatic rings. The monoisotopic (exact) mass is 515 g/mol. The van der Waals surface area contributed by atoms with Gasteiger partial charge in [0.2, 0.25) is 0 Å². The molecule has 7 nitrogen and oxygen atoms in total. The third-order valence-electron chi connectivity index (χ3n) is 6.41. The van der Waals surface area contributed by atoms with Crippen molar-refractivity contribution in [1.82, 2.24) is 4.90 Å². The fourth-order valence-electron chi connectivity index (χ4n) is 4.47. The van der Waals surface area contributed by atoms with Crippen LogP contribution in [0.15, 0.2) is 78.4 Å². The highest BCUT2D eigenvalue weighted by atomic mass is 16.5. The van der Waals surface area contributed by atoms with Crippen molar-refractivity contribution in [3.8, 4) is 11.5 Å². The van der Waals surface area contributed by atoms with Gasteiger partial charge in [0.1, 0.15) is 23.9 Å². The van der Waals surface area contributed by atoms with E-state index >= 15 is 0 Å². The van der Waals surface area contributed by atoms with Crippen molar-refractivity contribution in [2.45, 2.75) is 39.5 Å². The molecule has 0 aliphatic carbocycles. The van der Waals surface area contributed by atoms with E-state index in [0.717, 1.165) is 11.1 Å². The highest BCUT2D eigenvalue weighted by molar-refractivity contribution is 6.46. The van der Waals surface area contributed by atoms with Crippen LogP contribution in [0.5, 0.6) is 11.5 Å². The van der Waals surface area contributed by atoms with Gasteiger partial charge in [0.25, 0.3) is 11.7 Å². The van der Waals surface area contributed by atoms with Crippen LogP contribution in [0.25, 0.3) is 5.76 Å². The Labute approximate surface area is 223 Å². The van der Waals surface area contributed by atoms with Crippen molar-refractivity contribution in [3.63, 3.8) is 0 Å². The molecule has 0 aromatic heterocycles. The first-order valence-electron chi connectivity index (χ1n) is 12.6. The third-order valence-corrected chi connectivity index (χ3v) is 6.41. The number of benzene rings is 3. The minimum absolute atomic E-state index is 0.0291. The zero-order valence-electron chi connectivity index (χ0n) is 22.1. The summed E-state index contributed by atoms with van der Waals surface area (Å²) < 4.78 is 16.9. The fourth-order valence-corrected chi connectivity index (χ4v) is 4.47. The summed E-state index contributed by atoms with van der Waals surface area (Å²) >= 11 is 0. The third kappa shape index (κ3) is 5.89. The Morgan fingerprint density at radius 2 is 1.71 bits per heavy atom. The number of hydrogen-bond acceptors (Lipinski definition) is 6. The molecule has 38 heavy (non-hydrogen) atoms. The van der Waals surface area contributed by atoms with E-state index in [-0.39, 0.29) is 30.6 Å². The normalized spacial score (nSPS) is 16.8. The molecule has 7 heteroatoms. The SMILES string of the molecule is COCCN1C(=O)C(=O)/C(=C(\O)c2cccc(OC(C)C)c2)C1c1ccc(OCc2ccccc2C)cc1. The Kier molecular flexibility index (Phi) is 8.48. The summed E-state index contributed by atoms with van der Waals surface area (Å²) in [5.41, 5.74) is 3.35. The first-order valence-corrected chi connectivity index (χ1v) is 12.6. The molecular formula is C31H33NO6. The number of likely N-dealkylation sites (tertiary alicyclic amines) is 1. The number of aliphatic hydroxyl groups is 1. The number of carbonyl (C=O) groups excluding carboxylic acids is 2. The van der Waals surface area contributed by atoms with Crippen molar-refractivity contribution < 1.29 is 28.9 Å². The van der Waals surface area contributed by atoms with Gasteiger partial charge in [-0.1, -0.05) is 48.5 Å². The fraction of sp³-hybridized carbons (Fsp3) is 0.290. The standard InChI is InChI=1S/C31H33NO6/c1-20(2)38-26-11-7-10-23(18-26)29(33)27-28(32(16-17-36-4)31(35)30(27)34)22-12-14-25(15-13-22)37-19-24-9-6-5-8-21(24)3/h5-15,18,20,28,33H,16-17,19H2,1-4H3/b29-27-. The quantitative estimate of drug-likeness (QED) is 0.220. The van der Waals surface area contributed by atoms with Crippen LogP contribution < -0.4 is 9.47 Å². The summed E-state index contributed by atoms with van der Waals surface area (Å²) in [6.45, 7) is 6.72. The number of carbonyl (C=O) groups is 2.